The molecule has 2 aromatic carbocycles. The lowest BCUT2D eigenvalue weighted by Gasteiger charge is -2.12. The fourth-order valence-corrected chi connectivity index (χ4v) is 2.84. The Morgan fingerprint density at radius 2 is 1.96 bits per heavy atom. The molecule has 3 aromatic rings. The number of nitrogens with zero attached hydrogens (tertiary/aromatic N) is 1. The lowest BCUT2D eigenvalue weighted by Crippen LogP contribution is -2.20. The summed E-state index contributed by atoms with van der Waals surface area (Å²) >= 11 is 0. The Bertz CT molecular complexity index is 1010. The van der Waals surface area contributed by atoms with Gasteiger partial charge in [0.25, 0.3) is 5.56 Å². The molecule has 0 radical (unpaired) electrons. The summed E-state index contributed by atoms with van der Waals surface area (Å²) in [6, 6.07) is 12.2. The average molecular weight is 351 g/mol. The molecule has 0 aliphatic carbocycles. The Hall–Kier alpha value is -3.12. The van der Waals surface area contributed by atoms with Gasteiger partial charge in [0.2, 0.25) is 5.91 Å². The van der Waals surface area contributed by atoms with Crippen LogP contribution in [0.15, 0.2) is 53.5 Å². The number of aromatic nitrogens is 1. The summed E-state index contributed by atoms with van der Waals surface area (Å²) in [5.74, 6) is -0.0194. The fraction of sp³-hybridized carbons (Fsp3) is 0.200. The number of amides is 1. The number of aromatic amines is 1. The van der Waals surface area contributed by atoms with E-state index in [1.165, 1.54) is 0 Å². The highest BCUT2D eigenvalue weighted by atomic mass is 16.3. The number of aromatic hydroxyl groups is 1. The third-order valence-electron chi connectivity index (χ3n) is 4.15. The summed E-state index contributed by atoms with van der Waals surface area (Å²) in [5, 5.41) is 14.0. The predicted octanol–water partition coefficient (Wildman–Crippen LogP) is 2.79. The highest BCUT2D eigenvalue weighted by Crippen LogP contribution is 2.33. The van der Waals surface area contributed by atoms with Crippen molar-refractivity contribution in [2.75, 3.05) is 26.0 Å². The van der Waals surface area contributed by atoms with Crippen LogP contribution in [0.1, 0.15) is 6.42 Å². The zero-order valence-electron chi connectivity index (χ0n) is 14.7. The van der Waals surface area contributed by atoms with Crippen molar-refractivity contribution in [2.24, 2.45) is 0 Å². The van der Waals surface area contributed by atoms with E-state index in [9.17, 15) is 14.7 Å². The van der Waals surface area contributed by atoms with Crippen molar-refractivity contribution in [1.82, 2.24) is 9.88 Å². The molecule has 0 saturated carbocycles. The summed E-state index contributed by atoms with van der Waals surface area (Å²) < 4.78 is 0. The summed E-state index contributed by atoms with van der Waals surface area (Å²) in [7, 11) is 3.84. The van der Waals surface area contributed by atoms with E-state index in [0.717, 1.165) is 5.56 Å². The number of fused-ring (bicyclic) bond motifs is 1. The molecule has 0 saturated heterocycles. The molecule has 0 aliphatic heterocycles. The standard InChI is InChI=1S/C20H21N3O3/c1-23(2)10-9-18(25)22-14-6-3-5-13(11-14)16-12-21-20(26)15-7-4-8-17(24)19(15)16/h3-8,11-12,24H,9-10H2,1-2H3,(H,21,26)(H,22,25). The molecule has 0 atom stereocenters. The Labute approximate surface area is 151 Å². The van der Waals surface area contributed by atoms with Gasteiger partial charge in [0.1, 0.15) is 5.75 Å². The topological polar surface area (TPSA) is 85.4 Å². The molecule has 1 aromatic heterocycles. The number of benzene rings is 2. The predicted molar refractivity (Wildman–Crippen MR) is 103 cm³/mol. The quantitative estimate of drug-likeness (QED) is 0.660. The van der Waals surface area contributed by atoms with Crippen LogP contribution < -0.4 is 10.9 Å². The average Bonchev–Trinajstić information content (AvgIpc) is 2.61. The van der Waals surface area contributed by atoms with Crippen molar-refractivity contribution in [3.63, 3.8) is 0 Å². The van der Waals surface area contributed by atoms with E-state index in [1.54, 1.807) is 24.4 Å². The van der Waals surface area contributed by atoms with E-state index >= 15 is 0 Å². The third kappa shape index (κ3) is 3.75. The van der Waals surface area contributed by atoms with Gasteiger partial charge in [0, 0.05) is 35.8 Å². The fourth-order valence-electron chi connectivity index (χ4n) is 2.84. The smallest absolute Gasteiger partial charge is 0.255 e. The largest absolute Gasteiger partial charge is 0.507 e. The van der Waals surface area contributed by atoms with Crippen LogP contribution in [0, 0.1) is 0 Å². The van der Waals surface area contributed by atoms with Crippen LogP contribution in [0.25, 0.3) is 21.9 Å². The lowest BCUT2D eigenvalue weighted by molar-refractivity contribution is -0.116. The maximum Gasteiger partial charge on any atom is 0.255 e. The summed E-state index contributed by atoms with van der Waals surface area (Å²) in [5.41, 5.74) is 1.90. The van der Waals surface area contributed by atoms with E-state index in [-0.39, 0.29) is 17.2 Å². The minimum absolute atomic E-state index is 0.0454. The number of carbonyl (C=O) groups excluding carboxylic acids is 1. The molecule has 6 heteroatoms. The maximum atomic E-state index is 12.1. The first-order chi connectivity index (χ1) is 12.5. The number of hydrogen-bond acceptors (Lipinski definition) is 4. The van der Waals surface area contributed by atoms with E-state index in [1.807, 2.05) is 43.3 Å². The second kappa shape index (κ2) is 7.41. The lowest BCUT2D eigenvalue weighted by atomic mass is 9.99. The second-order valence-electron chi connectivity index (χ2n) is 6.41. The van der Waals surface area contributed by atoms with Crippen LogP contribution in [0.4, 0.5) is 5.69 Å². The van der Waals surface area contributed by atoms with Gasteiger partial charge in [-0.2, -0.15) is 0 Å². The van der Waals surface area contributed by atoms with Crippen LogP contribution in [-0.2, 0) is 4.79 Å². The number of H-pyrrole nitrogens is 1. The SMILES string of the molecule is CN(C)CCC(=O)Nc1cccc(-c2c[nH]c(=O)c3cccc(O)c23)c1. The van der Waals surface area contributed by atoms with Crippen LogP contribution in [0.3, 0.4) is 0 Å². The Morgan fingerprint density at radius 1 is 1.19 bits per heavy atom. The number of phenols is 1. The molecule has 26 heavy (non-hydrogen) atoms. The zero-order chi connectivity index (χ0) is 18.7. The van der Waals surface area contributed by atoms with Crippen molar-refractivity contribution in [3.05, 3.63) is 59.0 Å². The second-order valence-corrected chi connectivity index (χ2v) is 6.41. The van der Waals surface area contributed by atoms with E-state index in [0.29, 0.717) is 35.0 Å². The van der Waals surface area contributed by atoms with E-state index < -0.39 is 0 Å². The van der Waals surface area contributed by atoms with Gasteiger partial charge in [-0.15, -0.1) is 0 Å². The monoisotopic (exact) mass is 351 g/mol. The first-order valence-electron chi connectivity index (χ1n) is 8.34. The first kappa shape index (κ1) is 17.7. The number of carbonyl (C=O) groups is 1. The molecule has 0 fully saturated rings. The van der Waals surface area contributed by atoms with E-state index in [4.69, 9.17) is 0 Å². The van der Waals surface area contributed by atoms with Gasteiger partial charge < -0.3 is 20.3 Å². The van der Waals surface area contributed by atoms with Crippen molar-refractivity contribution < 1.29 is 9.90 Å². The van der Waals surface area contributed by atoms with Crippen molar-refractivity contribution in [2.45, 2.75) is 6.42 Å². The molecule has 0 bridgehead atoms. The van der Waals surface area contributed by atoms with Crippen molar-refractivity contribution in [3.8, 4) is 16.9 Å². The molecular weight excluding hydrogens is 330 g/mol. The Morgan fingerprint density at radius 3 is 2.73 bits per heavy atom. The molecule has 6 nitrogen and oxygen atoms in total. The van der Waals surface area contributed by atoms with Gasteiger partial charge in [-0.3, -0.25) is 9.59 Å². The highest BCUT2D eigenvalue weighted by molar-refractivity contribution is 6.00. The molecule has 1 amide bonds. The molecule has 1 heterocycles. The summed E-state index contributed by atoms with van der Waals surface area (Å²) in [6.07, 6.45) is 1.98. The van der Waals surface area contributed by atoms with Gasteiger partial charge >= 0.3 is 0 Å². The number of anilines is 1. The molecule has 0 unspecified atom stereocenters. The third-order valence-corrected chi connectivity index (χ3v) is 4.15. The van der Waals surface area contributed by atoms with Crippen LogP contribution >= 0.6 is 0 Å². The molecule has 134 valence electrons. The van der Waals surface area contributed by atoms with Crippen molar-refractivity contribution in [1.29, 1.82) is 0 Å². The minimum Gasteiger partial charge on any atom is -0.507 e. The molecule has 0 spiro atoms. The highest BCUT2D eigenvalue weighted by Gasteiger charge is 2.11. The van der Waals surface area contributed by atoms with E-state index in [2.05, 4.69) is 10.3 Å². The Kier molecular flexibility index (Phi) is 5.04. The van der Waals surface area contributed by atoms with Gasteiger partial charge in [-0.25, -0.2) is 0 Å². The van der Waals surface area contributed by atoms with Crippen LogP contribution in [0.5, 0.6) is 5.75 Å². The van der Waals surface area contributed by atoms with Gasteiger partial charge in [0.15, 0.2) is 0 Å². The minimum atomic E-state index is -0.257. The van der Waals surface area contributed by atoms with Crippen LogP contribution in [-0.4, -0.2) is 41.5 Å². The first-order valence-corrected chi connectivity index (χ1v) is 8.34. The number of rotatable bonds is 5. The number of phenolic OH excluding ortho intramolecular Hbond substituents is 1. The summed E-state index contributed by atoms with van der Waals surface area (Å²) in [6.45, 7) is 0.671. The molecule has 0 aliphatic rings. The number of hydrogen-bond donors (Lipinski definition) is 3. The molecule has 3 N–H and O–H groups in total. The van der Waals surface area contributed by atoms with Gasteiger partial charge in [-0.1, -0.05) is 18.2 Å². The normalized spacial score (nSPS) is 11.0. The maximum absolute atomic E-state index is 12.1. The number of nitrogens with one attached hydrogen (secondary N) is 2. The van der Waals surface area contributed by atoms with Crippen molar-refractivity contribution >= 4 is 22.4 Å². The molecular formula is C20H21N3O3. The van der Waals surface area contributed by atoms with Gasteiger partial charge in [-0.05, 0) is 43.9 Å². The Balaban J connectivity index is 1.97. The van der Waals surface area contributed by atoms with Crippen LogP contribution in [0.2, 0.25) is 0 Å². The summed E-state index contributed by atoms with van der Waals surface area (Å²) in [4.78, 5) is 28.7. The zero-order valence-corrected chi connectivity index (χ0v) is 14.7. The van der Waals surface area contributed by atoms with Gasteiger partial charge in [0.05, 0.1) is 5.39 Å². The number of pyridine rings is 1. The molecule has 3 rings (SSSR count).